The van der Waals surface area contributed by atoms with Crippen LogP contribution in [0.3, 0.4) is 0 Å². The normalized spacial score (nSPS) is 21.0. The predicted octanol–water partition coefficient (Wildman–Crippen LogP) is 2.24. The standard InChI is InChI=1S/C16H18ClN3O3/c17-12-2-1-11-9-18-19-14(11)13(12)15(21)20-5-8-23-16(10-20)3-6-22-7-4-16/h1-2,9H,3-8,10H2,(H,18,19). The zero-order valence-electron chi connectivity index (χ0n) is 12.7. The number of hydrogen-bond acceptors (Lipinski definition) is 4. The van der Waals surface area contributed by atoms with Gasteiger partial charge in [-0.2, -0.15) is 5.10 Å². The van der Waals surface area contributed by atoms with E-state index in [-0.39, 0.29) is 11.5 Å². The average molecular weight is 336 g/mol. The maximum absolute atomic E-state index is 13.1. The molecule has 1 spiro atoms. The minimum absolute atomic E-state index is 0.0704. The fraction of sp³-hybridized carbons (Fsp3) is 0.500. The van der Waals surface area contributed by atoms with Crippen molar-refractivity contribution in [3.8, 4) is 0 Å². The van der Waals surface area contributed by atoms with Crippen molar-refractivity contribution in [1.29, 1.82) is 0 Å². The smallest absolute Gasteiger partial charge is 0.257 e. The number of carbonyl (C=O) groups excluding carboxylic acids is 1. The van der Waals surface area contributed by atoms with Crippen LogP contribution in [0.2, 0.25) is 5.02 Å². The Balaban J connectivity index is 1.65. The minimum Gasteiger partial charge on any atom is -0.381 e. The lowest BCUT2D eigenvalue weighted by Crippen LogP contribution is -2.55. The Morgan fingerprint density at radius 2 is 2.13 bits per heavy atom. The van der Waals surface area contributed by atoms with E-state index < -0.39 is 0 Å². The third-order valence-corrected chi connectivity index (χ3v) is 5.04. The molecule has 4 rings (SSSR count). The third kappa shape index (κ3) is 2.60. The molecule has 6 nitrogen and oxygen atoms in total. The number of H-pyrrole nitrogens is 1. The van der Waals surface area contributed by atoms with Gasteiger partial charge in [0.15, 0.2) is 0 Å². The molecule has 0 saturated carbocycles. The van der Waals surface area contributed by atoms with Gasteiger partial charge in [-0.25, -0.2) is 0 Å². The minimum atomic E-state index is -0.277. The molecule has 2 aliphatic rings. The summed E-state index contributed by atoms with van der Waals surface area (Å²) in [6.07, 6.45) is 3.33. The van der Waals surface area contributed by atoms with Crippen LogP contribution in [0.25, 0.3) is 10.9 Å². The van der Waals surface area contributed by atoms with Crippen LogP contribution in [0.4, 0.5) is 0 Å². The quantitative estimate of drug-likeness (QED) is 0.868. The summed E-state index contributed by atoms with van der Waals surface area (Å²) in [5, 5.41) is 8.23. The van der Waals surface area contributed by atoms with Crippen LogP contribution >= 0.6 is 11.6 Å². The van der Waals surface area contributed by atoms with Crippen molar-refractivity contribution in [2.45, 2.75) is 18.4 Å². The van der Waals surface area contributed by atoms with Gasteiger partial charge in [0.05, 0.1) is 41.1 Å². The van der Waals surface area contributed by atoms with Crippen LogP contribution in [0.5, 0.6) is 0 Å². The van der Waals surface area contributed by atoms with Crippen LogP contribution in [0.15, 0.2) is 18.3 Å². The number of nitrogens with zero attached hydrogens (tertiary/aromatic N) is 2. The number of carbonyl (C=O) groups is 1. The summed E-state index contributed by atoms with van der Waals surface area (Å²) in [4.78, 5) is 14.9. The fourth-order valence-corrected chi connectivity index (χ4v) is 3.66. The van der Waals surface area contributed by atoms with E-state index >= 15 is 0 Å². The van der Waals surface area contributed by atoms with Gasteiger partial charge in [0.1, 0.15) is 0 Å². The second-order valence-electron chi connectivity index (χ2n) is 6.13. The number of morpholine rings is 1. The van der Waals surface area contributed by atoms with E-state index in [0.717, 1.165) is 18.2 Å². The predicted molar refractivity (Wildman–Crippen MR) is 85.7 cm³/mol. The first-order valence-electron chi connectivity index (χ1n) is 7.81. The largest absolute Gasteiger partial charge is 0.381 e. The van der Waals surface area contributed by atoms with E-state index in [2.05, 4.69) is 10.2 Å². The second kappa shape index (κ2) is 5.78. The molecule has 1 aromatic heterocycles. The summed E-state index contributed by atoms with van der Waals surface area (Å²) < 4.78 is 11.4. The lowest BCUT2D eigenvalue weighted by Gasteiger charge is -2.44. The first kappa shape index (κ1) is 14.9. The van der Waals surface area contributed by atoms with Gasteiger partial charge in [-0.05, 0) is 12.1 Å². The van der Waals surface area contributed by atoms with Crippen LogP contribution in [0.1, 0.15) is 23.2 Å². The van der Waals surface area contributed by atoms with Gasteiger partial charge in [0, 0.05) is 38.0 Å². The number of amides is 1. The van der Waals surface area contributed by atoms with Gasteiger partial charge in [0.25, 0.3) is 5.91 Å². The van der Waals surface area contributed by atoms with E-state index in [1.807, 2.05) is 11.0 Å². The summed E-state index contributed by atoms with van der Waals surface area (Å²) in [6, 6.07) is 3.61. The monoisotopic (exact) mass is 335 g/mol. The molecule has 2 saturated heterocycles. The van der Waals surface area contributed by atoms with Gasteiger partial charge in [-0.15, -0.1) is 0 Å². The highest BCUT2D eigenvalue weighted by Crippen LogP contribution is 2.32. The summed E-state index contributed by atoms with van der Waals surface area (Å²) in [6.45, 7) is 3.05. The molecule has 1 N–H and O–H groups in total. The number of benzene rings is 1. The number of ether oxygens (including phenoxy) is 2. The molecule has 2 fully saturated rings. The van der Waals surface area contributed by atoms with Crippen molar-refractivity contribution >= 4 is 28.4 Å². The van der Waals surface area contributed by atoms with Crippen LogP contribution in [0, 0.1) is 0 Å². The Kier molecular flexibility index (Phi) is 3.75. The molecule has 0 bridgehead atoms. The molecule has 1 aromatic carbocycles. The first-order valence-corrected chi connectivity index (χ1v) is 8.19. The number of nitrogens with one attached hydrogen (secondary N) is 1. The second-order valence-corrected chi connectivity index (χ2v) is 6.53. The Bertz CT molecular complexity index is 734. The van der Waals surface area contributed by atoms with Crippen molar-refractivity contribution < 1.29 is 14.3 Å². The van der Waals surface area contributed by atoms with E-state index in [4.69, 9.17) is 21.1 Å². The Morgan fingerprint density at radius 1 is 1.30 bits per heavy atom. The molecule has 0 unspecified atom stereocenters. The number of aromatic nitrogens is 2. The van der Waals surface area contributed by atoms with Crippen LogP contribution < -0.4 is 0 Å². The zero-order valence-corrected chi connectivity index (χ0v) is 13.4. The summed E-state index contributed by atoms with van der Waals surface area (Å²) >= 11 is 6.30. The molecule has 3 heterocycles. The summed E-state index contributed by atoms with van der Waals surface area (Å²) in [5.41, 5.74) is 0.904. The molecule has 0 aliphatic carbocycles. The number of fused-ring (bicyclic) bond motifs is 1. The highest BCUT2D eigenvalue weighted by atomic mass is 35.5. The topological polar surface area (TPSA) is 67.5 Å². The Labute approximate surface area is 138 Å². The molecule has 23 heavy (non-hydrogen) atoms. The van der Waals surface area contributed by atoms with Crippen molar-refractivity contribution in [1.82, 2.24) is 15.1 Å². The molecule has 0 radical (unpaired) electrons. The Hall–Kier alpha value is -1.63. The van der Waals surface area contributed by atoms with Crippen molar-refractivity contribution in [2.75, 3.05) is 32.9 Å². The molecule has 0 atom stereocenters. The van der Waals surface area contributed by atoms with Crippen LogP contribution in [-0.2, 0) is 9.47 Å². The van der Waals surface area contributed by atoms with E-state index in [1.54, 1.807) is 12.3 Å². The van der Waals surface area contributed by atoms with Crippen molar-refractivity contribution in [3.63, 3.8) is 0 Å². The number of aromatic amines is 1. The van der Waals surface area contributed by atoms with Gasteiger partial charge < -0.3 is 14.4 Å². The van der Waals surface area contributed by atoms with Crippen LogP contribution in [-0.4, -0.2) is 59.5 Å². The summed E-state index contributed by atoms with van der Waals surface area (Å²) in [7, 11) is 0. The van der Waals surface area contributed by atoms with E-state index in [0.29, 0.717) is 49.0 Å². The third-order valence-electron chi connectivity index (χ3n) is 4.72. The molecule has 7 heteroatoms. The molecule has 122 valence electrons. The van der Waals surface area contributed by atoms with Gasteiger partial charge in [0.2, 0.25) is 0 Å². The number of hydrogen-bond donors (Lipinski definition) is 1. The highest BCUT2D eigenvalue weighted by Gasteiger charge is 2.40. The van der Waals surface area contributed by atoms with Crippen molar-refractivity contribution in [3.05, 3.63) is 28.9 Å². The van der Waals surface area contributed by atoms with E-state index in [1.165, 1.54) is 0 Å². The lowest BCUT2D eigenvalue weighted by molar-refractivity contribution is -0.146. The van der Waals surface area contributed by atoms with Gasteiger partial charge in [-0.1, -0.05) is 11.6 Å². The lowest BCUT2D eigenvalue weighted by atomic mass is 9.92. The molecular weight excluding hydrogens is 318 g/mol. The molecule has 1 amide bonds. The molecule has 2 aromatic rings. The van der Waals surface area contributed by atoms with Crippen molar-refractivity contribution in [2.24, 2.45) is 0 Å². The number of rotatable bonds is 1. The average Bonchev–Trinajstić information content (AvgIpc) is 3.03. The zero-order chi connectivity index (χ0) is 15.9. The fourth-order valence-electron chi connectivity index (χ4n) is 3.42. The number of halogens is 1. The van der Waals surface area contributed by atoms with E-state index in [9.17, 15) is 4.79 Å². The molecular formula is C16H18ClN3O3. The summed E-state index contributed by atoms with van der Waals surface area (Å²) in [5.74, 6) is -0.0704. The first-order chi connectivity index (χ1) is 11.2. The van der Waals surface area contributed by atoms with Gasteiger partial charge >= 0.3 is 0 Å². The van der Waals surface area contributed by atoms with Gasteiger partial charge in [-0.3, -0.25) is 9.89 Å². The molecule has 2 aliphatic heterocycles. The maximum atomic E-state index is 13.1. The highest BCUT2D eigenvalue weighted by molar-refractivity contribution is 6.35. The Morgan fingerprint density at radius 3 is 2.96 bits per heavy atom. The SMILES string of the molecule is O=C(c1c(Cl)ccc2cn[nH]c12)N1CCOC2(CCOCC2)C1. The maximum Gasteiger partial charge on any atom is 0.257 e.